The van der Waals surface area contributed by atoms with Crippen LogP contribution in [-0.4, -0.2) is 93.1 Å². The normalized spacial score (nSPS) is 18.0. The van der Waals surface area contributed by atoms with Crippen molar-refractivity contribution in [2.45, 2.75) is 77.5 Å². The number of ether oxygens (including phenoxy) is 2. The van der Waals surface area contributed by atoms with E-state index >= 15 is 0 Å². The highest BCUT2D eigenvalue weighted by Crippen LogP contribution is 2.38. The van der Waals surface area contributed by atoms with Crippen molar-refractivity contribution in [3.8, 4) is 32.3 Å². The molecule has 0 spiro atoms. The summed E-state index contributed by atoms with van der Waals surface area (Å²) in [7, 11) is 2.58. The van der Waals surface area contributed by atoms with Crippen LogP contribution < -0.4 is 10.6 Å². The zero-order valence-electron chi connectivity index (χ0n) is 33.1. The minimum absolute atomic E-state index is 0.104. The van der Waals surface area contributed by atoms with Gasteiger partial charge in [-0.3, -0.25) is 9.59 Å². The molecule has 57 heavy (non-hydrogen) atoms. The number of carbonyl (C=O) groups excluding carboxylic acids is 4. The summed E-state index contributed by atoms with van der Waals surface area (Å²) in [6.07, 6.45) is 5.67. The summed E-state index contributed by atoms with van der Waals surface area (Å²) in [6, 6.07) is 15.2. The summed E-state index contributed by atoms with van der Waals surface area (Å²) in [5.74, 6) is 0.980. The van der Waals surface area contributed by atoms with E-state index in [4.69, 9.17) is 19.4 Å². The lowest BCUT2D eigenvalue weighted by molar-refractivity contribution is -0.136. The molecule has 5 heterocycles. The van der Waals surface area contributed by atoms with Gasteiger partial charge in [0.2, 0.25) is 11.8 Å². The first-order valence-electron chi connectivity index (χ1n) is 19.5. The number of benzene rings is 2. The third-order valence-corrected chi connectivity index (χ3v) is 12.2. The Morgan fingerprint density at radius 3 is 1.68 bits per heavy atom. The fraction of sp³-hybridized carbons (Fsp3) is 0.429. The molecule has 4 N–H and O–H groups in total. The van der Waals surface area contributed by atoms with E-state index in [-0.39, 0.29) is 35.7 Å². The Kier molecular flexibility index (Phi) is 11.7. The first-order valence-corrected chi connectivity index (χ1v) is 20.3. The summed E-state index contributed by atoms with van der Waals surface area (Å²) < 4.78 is 9.53. The predicted molar refractivity (Wildman–Crippen MR) is 218 cm³/mol. The molecule has 2 aliphatic heterocycles. The fourth-order valence-corrected chi connectivity index (χ4v) is 8.84. The second-order valence-corrected chi connectivity index (χ2v) is 16.5. The Hall–Kier alpha value is -5.70. The molecule has 0 saturated carbocycles. The number of nitrogens with zero attached hydrogens (tertiary/aromatic N) is 4. The van der Waals surface area contributed by atoms with Gasteiger partial charge in [0, 0.05) is 23.5 Å². The van der Waals surface area contributed by atoms with Crippen LogP contribution in [0.4, 0.5) is 9.59 Å². The van der Waals surface area contributed by atoms with E-state index in [1.54, 1.807) is 11.3 Å². The minimum atomic E-state index is -0.688. The lowest BCUT2D eigenvalue weighted by Gasteiger charge is -2.30. The molecule has 2 aliphatic rings. The number of carbonyl (C=O) groups is 4. The smallest absolute Gasteiger partial charge is 0.407 e. The molecule has 15 heteroatoms. The number of aromatic amines is 2. The maximum Gasteiger partial charge on any atom is 0.407 e. The van der Waals surface area contributed by atoms with Crippen molar-refractivity contribution in [2.75, 3.05) is 27.3 Å². The van der Waals surface area contributed by atoms with E-state index in [1.165, 1.54) is 14.2 Å². The van der Waals surface area contributed by atoms with Gasteiger partial charge >= 0.3 is 12.2 Å². The van der Waals surface area contributed by atoms with Crippen LogP contribution in [-0.2, 0) is 19.1 Å². The van der Waals surface area contributed by atoms with Crippen molar-refractivity contribution >= 4 is 46.1 Å². The number of likely N-dealkylation sites (tertiary alicyclic amines) is 2. The molecular formula is C42H50N8O6S. The van der Waals surface area contributed by atoms with Gasteiger partial charge in [0.25, 0.3) is 0 Å². The van der Waals surface area contributed by atoms with Crippen LogP contribution in [0.3, 0.4) is 0 Å². The number of H-pyrrole nitrogens is 2. The van der Waals surface area contributed by atoms with Crippen molar-refractivity contribution in [3.63, 3.8) is 0 Å². The van der Waals surface area contributed by atoms with E-state index in [1.807, 2.05) is 49.9 Å². The topological polar surface area (TPSA) is 175 Å². The Balaban J connectivity index is 1.04. The number of hydrogen-bond donors (Lipinski definition) is 4. The zero-order chi connectivity index (χ0) is 40.4. The van der Waals surface area contributed by atoms with Crippen LogP contribution in [0, 0.1) is 11.8 Å². The maximum atomic E-state index is 13.6. The summed E-state index contributed by atoms with van der Waals surface area (Å²) in [5, 5.41) is 7.60. The molecule has 4 amide bonds. The average Bonchev–Trinajstić information content (AvgIpc) is 4.06. The lowest BCUT2D eigenvalue weighted by Crippen LogP contribution is -2.51. The average molecular weight is 795 g/mol. The van der Waals surface area contributed by atoms with Crippen molar-refractivity contribution < 1.29 is 28.7 Å². The van der Waals surface area contributed by atoms with Gasteiger partial charge in [0.15, 0.2) is 0 Å². The number of rotatable bonds is 11. The van der Waals surface area contributed by atoms with E-state index in [2.05, 4.69) is 69.1 Å². The molecule has 2 saturated heterocycles. The highest BCUT2D eigenvalue weighted by molar-refractivity contribution is 7.18. The van der Waals surface area contributed by atoms with Crippen LogP contribution >= 0.6 is 11.3 Å². The molecule has 0 unspecified atom stereocenters. The van der Waals surface area contributed by atoms with Crippen LogP contribution in [0.15, 0.2) is 60.9 Å². The van der Waals surface area contributed by atoms with Gasteiger partial charge in [-0.2, -0.15) is 0 Å². The molecule has 4 atom stereocenters. The van der Waals surface area contributed by atoms with Crippen molar-refractivity contribution in [2.24, 2.45) is 11.8 Å². The minimum Gasteiger partial charge on any atom is -0.453 e. The van der Waals surface area contributed by atoms with Gasteiger partial charge in [-0.1, -0.05) is 52.0 Å². The van der Waals surface area contributed by atoms with Gasteiger partial charge in [-0.15, -0.1) is 11.3 Å². The van der Waals surface area contributed by atoms with Gasteiger partial charge in [-0.25, -0.2) is 19.6 Å². The van der Waals surface area contributed by atoms with Gasteiger partial charge in [0.1, 0.15) is 23.7 Å². The number of imidazole rings is 2. The zero-order valence-corrected chi connectivity index (χ0v) is 33.9. The number of methoxy groups -OCH3 is 2. The third-order valence-electron chi connectivity index (χ3n) is 11.0. The number of fused-ring (bicyclic) bond motifs is 1. The maximum absolute atomic E-state index is 13.6. The van der Waals surface area contributed by atoms with E-state index < -0.39 is 24.3 Å². The highest BCUT2D eigenvalue weighted by atomic mass is 32.1. The standard InChI is InChI=1S/C42H50N8O6S/c1-23(2)35(47-41(53)55-5)39(51)49-17-7-9-31(49)37-43-21-29(45-37)27-13-11-26-20-28(14-12-25(26)19-27)33-15-16-34(57-33)30-22-44-38(46-30)32-10-8-18-50(32)40(52)36(24(3)4)48-42(54)56-6/h11-16,19-24,31-32,35-36H,7-10,17-18H2,1-6H3,(H,43,45)(H,44,46)(H,47,53)(H,48,54)/t31-,32-,35-,36-/m0/s1. The molecule has 300 valence electrons. The quantitative estimate of drug-likeness (QED) is 0.107. The largest absolute Gasteiger partial charge is 0.453 e. The fourth-order valence-electron chi connectivity index (χ4n) is 7.87. The van der Waals surface area contributed by atoms with Crippen LogP contribution in [0.25, 0.3) is 43.0 Å². The van der Waals surface area contributed by atoms with Crippen LogP contribution in [0.1, 0.15) is 77.1 Å². The SMILES string of the molecule is COC(=O)N[C@H](C(=O)N1CCC[C@H]1c1ncc(-c2ccc3cc(-c4ccc(-c5cnc([C@@H]6CCCN6C(=O)[C@@H](NC(=O)OC)C(C)C)[nH]5)s4)ccc3c2)[nH]1)C(C)C. The number of amides is 4. The van der Waals surface area contributed by atoms with Crippen molar-refractivity contribution in [1.82, 2.24) is 40.4 Å². The van der Waals surface area contributed by atoms with Crippen molar-refractivity contribution in [1.29, 1.82) is 0 Å². The van der Waals surface area contributed by atoms with E-state index in [0.29, 0.717) is 13.1 Å². The first-order chi connectivity index (χ1) is 27.4. The second-order valence-electron chi connectivity index (χ2n) is 15.4. The molecule has 14 nitrogen and oxygen atoms in total. The molecule has 5 aromatic rings. The molecule has 0 aliphatic carbocycles. The summed E-state index contributed by atoms with van der Waals surface area (Å²) >= 11 is 1.67. The predicted octanol–water partition coefficient (Wildman–Crippen LogP) is 7.44. The monoisotopic (exact) mass is 794 g/mol. The molecule has 3 aromatic heterocycles. The highest BCUT2D eigenvalue weighted by Gasteiger charge is 2.39. The summed E-state index contributed by atoms with van der Waals surface area (Å²) in [4.78, 5) is 73.3. The first kappa shape index (κ1) is 39.5. The Morgan fingerprint density at radius 2 is 1.16 bits per heavy atom. The van der Waals surface area contributed by atoms with Gasteiger partial charge < -0.3 is 39.9 Å². The molecule has 2 fully saturated rings. The Labute approximate surface area is 335 Å². The molecule has 7 rings (SSSR count). The molecule has 2 aromatic carbocycles. The van der Waals surface area contributed by atoms with E-state index in [0.717, 1.165) is 80.4 Å². The number of hydrogen-bond acceptors (Lipinski definition) is 9. The molecule has 0 radical (unpaired) electrons. The lowest BCUT2D eigenvalue weighted by atomic mass is 10.0. The number of aromatic nitrogens is 4. The number of alkyl carbamates (subject to hydrolysis) is 2. The Morgan fingerprint density at radius 1 is 0.684 bits per heavy atom. The third kappa shape index (κ3) is 8.24. The van der Waals surface area contributed by atoms with E-state index in [9.17, 15) is 19.2 Å². The summed E-state index contributed by atoms with van der Waals surface area (Å²) in [6.45, 7) is 8.81. The Bertz CT molecular complexity index is 2260. The number of nitrogens with one attached hydrogen (secondary N) is 4. The van der Waals surface area contributed by atoms with Crippen molar-refractivity contribution in [3.05, 3.63) is 72.6 Å². The second kappa shape index (κ2) is 16.8. The van der Waals surface area contributed by atoms with Gasteiger partial charge in [0.05, 0.1) is 55.0 Å². The summed E-state index contributed by atoms with van der Waals surface area (Å²) in [5.41, 5.74) is 3.86. The van der Waals surface area contributed by atoms with Crippen LogP contribution in [0.2, 0.25) is 0 Å². The molecular weight excluding hydrogens is 745 g/mol. The molecule has 0 bridgehead atoms. The van der Waals surface area contributed by atoms with Crippen LogP contribution in [0.5, 0.6) is 0 Å². The van der Waals surface area contributed by atoms with Gasteiger partial charge in [-0.05, 0) is 78.1 Å². The number of thiophene rings is 1.